The van der Waals surface area contributed by atoms with E-state index in [0.29, 0.717) is 11.4 Å². The SMILES string of the molecule is CSc1nn(-c2ccccc2)c(-n2nc(C(=O)/C=C/N(C)C)sc2=NC(=O)c2ccccc2)c1C. The number of nitrogens with zero attached hydrogens (tertiary/aromatic N) is 6. The molecule has 0 aliphatic rings. The highest BCUT2D eigenvalue weighted by molar-refractivity contribution is 7.98. The van der Waals surface area contributed by atoms with Gasteiger partial charge in [-0.2, -0.15) is 14.8 Å². The maximum Gasteiger partial charge on any atom is 0.279 e. The van der Waals surface area contributed by atoms with Gasteiger partial charge in [-0.3, -0.25) is 9.59 Å². The van der Waals surface area contributed by atoms with Crippen LogP contribution in [0.4, 0.5) is 0 Å². The van der Waals surface area contributed by atoms with E-state index in [1.54, 1.807) is 40.0 Å². The molecule has 0 unspecified atom stereocenters. The van der Waals surface area contributed by atoms with E-state index in [1.807, 2.05) is 63.7 Å². The third-order valence-corrected chi connectivity index (χ3v) is 6.65. The second-order valence-electron chi connectivity index (χ2n) is 7.73. The fourth-order valence-electron chi connectivity index (χ4n) is 3.27. The number of para-hydroxylation sites is 1. The van der Waals surface area contributed by atoms with Gasteiger partial charge in [0.1, 0.15) is 5.03 Å². The molecule has 35 heavy (non-hydrogen) atoms. The topological polar surface area (TPSA) is 85.4 Å². The molecule has 0 spiro atoms. The van der Waals surface area contributed by atoms with Gasteiger partial charge in [-0.1, -0.05) is 47.7 Å². The highest BCUT2D eigenvalue weighted by Crippen LogP contribution is 2.27. The molecule has 2 aromatic carbocycles. The van der Waals surface area contributed by atoms with Crippen LogP contribution in [-0.4, -0.2) is 56.5 Å². The van der Waals surface area contributed by atoms with Gasteiger partial charge in [0.05, 0.1) is 5.69 Å². The lowest BCUT2D eigenvalue weighted by atomic mass is 10.2. The Kier molecular flexibility index (Phi) is 7.42. The van der Waals surface area contributed by atoms with Gasteiger partial charge in [-0.15, -0.1) is 16.9 Å². The first kappa shape index (κ1) is 24.4. The molecule has 0 aliphatic heterocycles. The van der Waals surface area contributed by atoms with Gasteiger partial charge in [-0.05, 0) is 37.4 Å². The highest BCUT2D eigenvalue weighted by Gasteiger charge is 2.22. The minimum atomic E-state index is -0.417. The number of hydrogen-bond donors (Lipinski definition) is 0. The molecule has 0 N–H and O–H groups in total. The Morgan fingerprint density at radius 3 is 2.29 bits per heavy atom. The lowest BCUT2D eigenvalue weighted by Crippen LogP contribution is -2.20. The number of hydrogen-bond acceptors (Lipinski definition) is 7. The lowest BCUT2D eigenvalue weighted by Gasteiger charge is -2.08. The van der Waals surface area contributed by atoms with E-state index in [2.05, 4.69) is 10.1 Å². The van der Waals surface area contributed by atoms with Gasteiger partial charge < -0.3 is 4.90 Å². The Balaban J connectivity index is 1.95. The minimum absolute atomic E-state index is 0.216. The molecule has 2 aromatic heterocycles. The van der Waals surface area contributed by atoms with E-state index >= 15 is 0 Å². The summed E-state index contributed by atoms with van der Waals surface area (Å²) < 4.78 is 3.30. The van der Waals surface area contributed by atoms with Gasteiger partial charge in [-0.25, -0.2) is 4.68 Å². The van der Waals surface area contributed by atoms with Crippen molar-refractivity contribution in [3.63, 3.8) is 0 Å². The molecule has 10 heteroatoms. The summed E-state index contributed by atoms with van der Waals surface area (Å²) in [7, 11) is 3.66. The van der Waals surface area contributed by atoms with Crippen LogP contribution in [0.15, 0.2) is 83.0 Å². The normalized spacial score (nSPS) is 11.8. The van der Waals surface area contributed by atoms with Crippen molar-refractivity contribution in [2.24, 2.45) is 4.99 Å². The summed E-state index contributed by atoms with van der Waals surface area (Å²) in [6.45, 7) is 1.94. The molecule has 8 nitrogen and oxygen atoms in total. The van der Waals surface area contributed by atoms with E-state index in [9.17, 15) is 9.59 Å². The lowest BCUT2D eigenvalue weighted by molar-refractivity contribution is 0.0996. The summed E-state index contributed by atoms with van der Waals surface area (Å²) >= 11 is 2.57. The van der Waals surface area contributed by atoms with E-state index < -0.39 is 5.91 Å². The van der Waals surface area contributed by atoms with Gasteiger partial charge in [0, 0.05) is 37.5 Å². The van der Waals surface area contributed by atoms with E-state index in [0.717, 1.165) is 27.6 Å². The maximum absolute atomic E-state index is 13.0. The zero-order chi connectivity index (χ0) is 24.9. The van der Waals surface area contributed by atoms with E-state index in [1.165, 1.54) is 22.5 Å². The number of ketones is 1. The van der Waals surface area contributed by atoms with Crippen LogP contribution in [0.25, 0.3) is 11.5 Å². The minimum Gasteiger partial charge on any atom is -0.383 e. The monoisotopic (exact) mass is 504 g/mol. The van der Waals surface area contributed by atoms with Crippen LogP contribution in [0.5, 0.6) is 0 Å². The Morgan fingerprint density at radius 2 is 1.66 bits per heavy atom. The van der Waals surface area contributed by atoms with E-state index in [-0.39, 0.29) is 15.6 Å². The first-order chi connectivity index (χ1) is 16.9. The van der Waals surface area contributed by atoms with Crippen LogP contribution in [0.1, 0.15) is 25.7 Å². The number of aromatic nitrogens is 4. The maximum atomic E-state index is 13.0. The van der Waals surface area contributed by atoms with Crippen molar-refractivity contribution >= 4 is 34.8 Å². The van der Waals surface area contributed by atoms with Crippen LogP contribution in [0.3, 0.4) is 0 Å². The molecule has 0 radical (unpaired) electrons. The number of carbonyl (C=O) groups is 2. The average molecular weight is 505 g/mol. The first-order valence-electron chi connectivity index (χ1n) is 10.7. The molecule has 178 valence electrons. The second-order valence-corrected chi connectivity index (χ2v) is 9.48. The molecule has 0 atom stereocenters. The molecule has 0 aliphatic carbocycles. The van der Waals surface area contributed by atoms with Crippen molar-refractivity contribution < 1.29 is 9.59 Å². The van der Waals surface area contributed by atoms with Crippen molar-refractivity contribution in [2.75, 3.05) is 20.4 Å². The third kappa shape index (κ3) is 5.33. The summed E-state index contributed by atoms with van der Waals surface area (Å²) in [5, 5.41) is 10.4. The van der Waals surface area contributed by atoms with Crippen LogP contribution in [0, 0.1) is 6.92 Å². The molecule has 2 heterocycles. The van der Waals surface area contributed by atoms with Crippen LogP contribution in [0.2, 0.25) is 0 Å². The number of allylic oxidation sites excluding steroid dienone is 1. The van der Waals surface area contributed by atoms with Gasteiger partial charge in [0.2, 0.25) is 10.6 Å². The van der Waals surface area contributed by atoms with Crippen molar-refractivity contribution in [3.8, 4) is 11.5 Å². The number of thioether (sulfide) groups is 1. The Hall–Kier alpha value is -3.76. The average Bonchev–Trinajstić information content (AvgIpc) is 3.43. The van der Waals surface area contributed by atoms with Gasteiger partial charge in [0.25, 0.3) is 5.91 Å². The summed E-state index contributed by atoms with van der Waals surface area (Å²) in [5.41, 5.74) is 2.14. The van der Waals surface area contributed by atoms with Crippen molar-refractivity contribution in [1.29, 1.82) is 0 Å². The molecule has 0 bridgehead atoms. The second kappa shape index (κ2) is 10.7. The molecular formula is C25H24N6O2S2. The Labute approximate surface area is 211 Å². The fourth-order valence-corrected chi connectivity index (χ4v) is 4.64. The van der Waals surface area contributed by atoms with Gasteiger partial charge in [0.15, 0.2) is 10.8 Å². The summed E-state index contributed by atoms with van der Waals surface area (Å²) in [5.74, 6) is -0.0778. The number of benzene rings is 2. The zero-order valence-corrected chi connectivity index (χ0v) is 21.4. The van der Waals surface area contributed by atoms with Crippen LogP contribution in [-0.2, 0) is 0 Å². The van der Waals surface area contributed by atoms with Gasteiger partial charge >= 0.3 is 0 Å². The number of amides is 1. The smallest absolute Gasteiger partial charge is 0.279 e. The summed E-state index contributed by atoms with van der Waals surface area (Å²) in [6.07, 6.45) is 5.05. The van der Waals surface area contributed by atoms with Crippen molar-refractivity contribution in [3.05, 3.63) is 93.9 Å². The fraction of sp³-hybridized carbons (Fsp3) is 0.160. The van der Waals surface area contributed by atoms with Crippen molar-refractivity contribution in [1.82, 2.24) is 24.5 Å². The quantitative estimate of drug-likeness (QED) is 0.214. The molecule has 0 saturated heterocycles. The van der Waals surface area contributed by atoms with Crippen LogP contribution < -0.4 is 4.80 Å². The first-order valence-corrected chi connectivity index (χ1v) is 12.8. The Morgan fingerprint density at radius 1 is 1.00 bits per heavy atom. The summed E-state index contributed by atoms with van der Waals surface area (Å²) in [6, 6.07) is 18.4. The Bertz CT molecular complexity index is 1450. The predicted molar refractivity (Wildman–Crippen MR) is 139 cm³/mol. The van der Waals surface area contributed by atoms with E-state index in [4.69, 9.17) is 5.10 Å². The standard InChI is InChI=1S/C25H24N6O2S2/c1-17-22(34-4)27-30(19-13-9-6-10-14-19)24(17)31-25(26-21(33)18-11-7-5-8-12-18)35-23(28-31)20(32)15-16-29(2)3/h5-16H,1-4H3/b16-15+,26-25?. The molecule has 4 aromatic rings. The zero-order valence-electron chi connectivity index (χ0n) is 19.7. The van der Waals surface area contributed by atoms with Crippen LogP contribution >= 0.6 is 23.1 Å². The number of rotatable bonds is 7. The molecule has 0 fully saturated rings. The molecular weight excluding hydrogens is 480 g/mol. The predicted octanol–water partition coefficient (Wildman–Crippen LogP) is 4.15. The largest absolute Gasteiger partial charge is 0.383 e. The molecule has 4 rings (SSSR count). The molecule has 0 saturated carbocycles. The highest BCUT2D eigenvalue weighted by atomic mass is 32.2. The number of carbonyl (C=O) groups excluding carboxylic acids is 2. The summed E-state index contributed by atoms with van der Waals surface area (Å²) in [4.78, 5) is 32.2. The van der Waals surface area contributed by atoms with Crippen molar-refractivity contribution in [2.45, 2.75) is 11.9 Å². The molecule has 1 amide bonds. The third-order valence-electron chi connectivity index (χ3n) is 4.96.